The van der Waals surface area contributed by atoms with Crippen molar-refractivity contribution in [3.8, 4) is 0 Å². The molecule has 2 atom stereocenters. The first-order valence-corrected chi connectivity index (χ1v) is 9.48. The molecule has 2 unspecified atom stereocenters. The largest absolute Gasteiger partial charge is 0.250 e. The van der Waals surface area contributed by atoms with Crippen LogP contribution in [-0.4, -0.2) is 20.8 Å². The van der Waals surface area contributed by atoms with Crippen LogP contribution < -0.4 is 4.72 Å². The highest BCUT2D eigenvalue weighted by atomic mass is 35.5. The van der Waals surface area contributed by atoms with E-state index in [-0.39, 0.29) is 0 Å². The van der Waals surface area contributed by atoms with Crippen LogP contribution in [0.4, 0.5) is 0 Å². The molecule has 1 N–H and O–H groups in total. The summed E-state index contributed by atoms with van der Waals surface area (Å²) < 4.78 is 27.5. The zero-order valence-electron chi connectivity index (χ0n) is 11.1. The predicted molar refractivity (Wildman–Crippen MR) is 80.4 cm³/mol. The molecule has 0 bridgehead atoms. The van der Waals surface area contributed by atoms with Gasteiger partial charge in [-0.2, -0.15) is 0 Å². The molecule has 1 aromatic rings. The van der Waals surface area contributed by atoms with E-state index in [1.54, 1.807) is 6.07 Å². The van der Waals surface area contributed by atoms with Crippen LogP contribution in [0.25, 0.3) is 0 Å². The lowest BCUT2D eigenvalue weighted by atomic mass is 9.80. The minimum atomic E-state index is -3.35. The fraction of sp³-hybridized carbons (Fsp3) is 0.692. The summed E-state index contributed by atoms with van der Waals surface area (Å²) in [4.78, 5) is 1.01. The first-order valence-electron chi connectivity index (χ1n) is 6.65. The maximum atomic E-state index is 12.1. The van der Waals surface area contributed by atoms with Gasteiger partial charge in [-0.15, -0.1) is 22.9 Å². The van der Waals surface area contributed by atoms with Crippen LogP contribution in [0.5, 0.6) is 0 Å². The Kier molecular flexibility index (Phi) is 5.29. The summed E-state index contributed by atoms with van der Waals surface area (Å²) in [5.74, 6) is 1.45. The third-order valence-electron chi connectivity index (χ3n) is 3.78. The van der Waals surface area contributed by atoms with Gasteiger partial charge in [0.1, 0.15) is 4.21 Å². The highest BCUT2D eigenvalue weighted by Gasteiger charge is 2.26. The Hall–Kier alpha value is -0.100. The van der Waals surface area contributed by atoms with Gasteiger partial charge in [0.2, 0.25) is 10.0 Å². The van der Waals surface area contributed by atoms with Gasteiger partial charge in [-0.05, 0) is 43.7 Å². The zero-order valence-corrected chi connectivity index (χ0v) is 13.5. The molecule has 3 nitrogen and oxygen atoms in total. The van der Waals surface area contributed by atoms with Crippen LogP contribution in [0.2, 0.25) is 0 Å². The number of aryl methyl sites for hydroxylation is 1. The molecule has 1 aromatic heterocycles. The average Bonchev–Trinajstić information content (AvgIpc) is 2.84. The summed E-state index contributed by atoms with van der Waals surface area (Å²) in [7, 11) is -3.35. The van der Waals surface area contributed by atoms with E-state index in [0.29, 0.717) is 28.5 Å². The van der Waals surface area contributed by atoms with Gasteiger partial charge in [-0.25, -0.2) is 13.1 Å². The zero-order chi connectivity index (χ0) is 13.9. The number of rotatable bonds is 5. The normalized spacial score (nSPS) is 24.5. The smallest absolute Gasteiger partial charge is 0.210 e. The van der Waals surface area contributed by atoms with Crippen LogP contribution in [0.3, 0.4) is 0 Å². The second-order valence-corrected chi connectivity index (χ2v) is 8.77. The van der Waals surface area contributed by atoms with Gasteiger partial charge in [-0.1, -0.05) is 12.8 Å². The fourth-order valence-electron chi connectivity index (χ4n) is 2.60. The third-order valence-corrected chi connectivity index (χ3v) is 7.09. The van der Waals surface area contributed by atoms with Gasteiger partial charge in [0.25, 0.3) is 0 Å². The molecule has 0 spiro atoms. The Labute approximate surface area is 124 Å². The maximum absolute atomic E-state index is 12.1. The first-order chi connectivity index (χ1) is 9.03. The van der Waals surface area contributed by atoms with Crippen molar-refractivity contribution in [2.75, 3.05) is 12.4 Å². The minimum Gasteiger partial charge on any atom is -0.210 e. The van der Waals surface area contributed by atoms with Crippen molar-refractivity contribution >= 4 is 33.0 Å². The van der Waals surface area contributed by atoms with Crippen LogP contribution in [-0.2, 0) is 10.0 Å². The summed E-state index contributed by atoms with van der Waals surface area (Å²) in [6.45, 7) is 2.42. The highest BCUT2D eigenvalue weighted by molar-refractivity contribution is 7.91. The highest BCUT2D eigenvalue weighted by Crippen LogP contribution is 2.31. The molecular formula is C13H20ClNO2S2. The third kappa shape index (κ3) is 3.94. The van der Waals surface area contributed by atoms with E-state index < -0.39 is 10.0 Å². The van der Waals surface area contributed by atoms with Crippen molar-refractivity contribution in [2.45, 2.75) is 36.8 Å². The second kappa shape index (κ2) is 6.57. The molecule has 108 valence electrons. The van der Waals surface area contributed by atoms with E-state index in [1.165, 1.54) is 24.2 Å². The molecule has 1 saturated carbocycles. The van der Waals surface area contributed by atoms with Crippen molar-refractivity contribution in [3.63, 3.8) is 0 Å². The number of nitrogens with one attached hydrogen (secondary N) is 1. The molecular weight excluding hydrogens is 302 g/mol. The van der Waals surface area contributed by atoms with Gasteiger partial charge in [0.05, 0.1) is 0 Å². The van der Waals surface area contributed by atoms with Crippen LogP contribution in [0, 0.1) is 18.8 Å². The molecule has 0 radical (unpaired) electrons. The van der Waals surface area contributed by atoms with E-state index in [2.05, 4.69) is 4.72 Å². The quantitative estimate of drug-likeness (QED) is 0.845. The Bertz CT molecular complexity index is 512. The lowest BCUT2D eigenvalue weighted by Gasteiger charge is -2.30. The number of sulfonamides is 1. The van der Waals surface area contributed by atoms with Crippen molar-refractivity contribution in [1.29, 1.82) is 0 Å². The van der Waals surface area contributed by atoms with Gasteiger partial charge in [0.15, 0.2) is 0 Å². The average molecular weight is 322 g/mol. The van der Waals surface area contributed by atoms with Crippen molar-refractivity contribution in [3.05, 3.63) is 17.0 Å². The molecule has 6 heteroatoms. The second-order valence-electron chi connectivity index (χ2n) is 5.18. The molecule has 1 fully saturated rings. The number of hydrogen-bond donors (Lipinski definition) is 1. The van der Waals surface area contributed by atoms with Crippen molar-refractivity contribution in [1.82, 2.24) is 4.72 Å². The minimum absolute atomic E-state index is 0.377. The predicted octanol–water partition coefficient (Wildman–Crippen LogP) is 3.38. The summed E-state index contributed by atoms with van der Waals surface area (Å²) >= 11 is 7.28. The molecule has 0 amide bonds. The summed E-state index contributed by atoms with van der Waals surface area (Å²) in [5.41, 5.74) is 0. The standard InChI is InChI=1S/C13H20ClNO2S2/c1-10-6-7-13(18-10)19(16,17)15-9-12-5-3-2-4-11(12)8-14/h6-7,11-12,15H,2-5,8-9H2,1H3. The fourth-order valence-corrected chi connectivity index (χ4v) is 5.43. The van der Waals surface area contributed by atoms with E-state index in [0.717, 1.165) is 17.7 Å². The van der Waals surface area contributed by atoms with E-state index in [1.807, 2.05) is 13.0 Å². The molecule has 1 aliphatic rings. The molecule has 0 aliphatic heterocycles. The number of hydrogen-bond acceptors (Lipinski definition) is 3. The van der Waals surface area contributed by atoms with Gasteiger partial charge < -0.3 is 0 Å². The van der Waals surface area contributed by atoms with E-state index in [9.17, 15) is 8.42 Å². The van der Waals surface area contributed by atoms with Crippen molar-refractivity contribution < 1.29 is 8.42 Å². The molecule has 0 saturated heterocycles. The lowest BCUT2D eigenvalue weighted by Crippen LogP contribution is -2.34. The molecule has 2 rings (SSSR count). The van der Waals surface area contributed by atoms with Crippen LogP contribution in [0.15, 0.2) is 16.3 Å². The summed E-state index contributed by atoms with van der Waals surface area (Å²) in [6.07, 6.45) is 4.58. The molecule has 0 aromatic carbocycles. The number of alkyl halides is 1. The van der Waals surface area contributed by atoms with E-state index >= 15 is 0 Å². The van der Waals surface area contributed by atoms with Crippen LogP contribution in [0.1, 0.15) is 30.6 Å². The summed E-state index contributed by atoms with van der Waals surface area (Å²) in [5, 5.41) is 0. The molecule has 1 heterocycles. The molecule has 19 heavy (non-hydrogen) atoms. The first kappa shape index (κ1) is 15.3. The SMILES string of the molecule is Cc1ccc(S(=O)(=O)NCC2CCCCC2CCl)s1. The topological polar surface area (TPSA) is 46.2 Å². The van der Waals surface area contributed by atoms with Gasteiger partial charge in [0, 0.05) is 17.3 Å². The number of halogens is 1. The maximum Gasteiger partial charge on any atom is 0.250 e. The molecule has 1 aliphatic carbocycles. The summed E-state index contributed by atoms with van der Waals surface area (Å²) in [6, 6.07) is 3.50. The Morgan fingerprint density at radius 1 is 1.32 bits per heavy atom. The van der Waals surface area contributed by atoms with E-state index in [4.69, 9.17) is 11.6 Å². The Morgan fingerprint density at radius 2 is 2.00 bits per heavy atom. The Balaban J connectivity index is 1.97. The van der Waals surface area contributed by atoms with Gasteiger partial charge >= 0.3 is 0 Å². The Morgan fingerprint density at radius 3 is 2.58 bits per heavy atom. The lowest BCUT2D eigenvalue weighted by molar-refractivity contribution is 0.260. The van der Waals surface area contributed by atoms with Crippen LogP contribution >= 0.6 is 22.9 Å². The monoisotopic (exact) mass is 321 g/mol. The van der Waals surface area contributed by atoms with Crippen molar-refractivity contribution in [2.24, 2.45) is 11.8 Å². The number of thiophene rings is 1. The van der Waals surface area contributed by atoms with Gasteiger partial charge in [-0.3, -0.25) is 0 Å².